The molecule has 120 valence electrons. The van der Waals surface area contributed by atoms with Gasteiger partial charge in [-0.25, -0.2) is 0 Å². The van der Waals surface area contributed by atoms with Crippen LogP contribution in [0.5, 0.6) is 5.75 Å². The monoisotopic (exact) mass is 302 g/mol. The van der Waals surface area contributed by atoms with Gasteiger partial charge < -0.3 is 15.4 Å². The second-order valence-electron chi connectivity index (χ2n) is 7.13. The van der Waals surface area contributed by atoms with Crippen molar-refractivity contribution in [2.45, 2.75) is 32.7 Å². The molecule has 0 radical (unpaired) electrons. The number of rotatable bonds is 6. The smallest absolute Gasteiger partial charge is 0.224 e. The Morgan fingerprint density at radius 1 is 1.32 bits per heavy atom. The molecule has 4 heteroatoms. The molecule has 1 saturated heterocycles. The van der Waals surface area contributed by atoms with Crippen LogP contribution in [-0.2, 0) is 11.2 Å². The van der Waals surface area contributed by atoms with Gasteiger partial charge in [-0.3, -0.25) is 4.79 Å². The molecule has 1 aromatic rings. The van der Waals surface area contributed by atoms with Crippen LogP contribution in [0.3, 0.4) is 0 Å². The zero-order valence-electron chi connectivity index (χ0n) is 13.7. The molecule has 3 atom stereocenters. The molecular weight excluding hydrogens is 276 g/mol. The van der Waals surface area contributed by atoms with Crippen LogP contribution in [0.4, 0.5) is 0 Å². The summed E-state index contributed by atoms with van der Waals surface area (Å²) in [4.78, 5) is 12.4. The average molecular weight is 302 g/mol. The van der Waals surface area contributed by atoms with Crippen molar-refractivity contribution in [2.75, 3.05) is 19.7 Å². The van der Waals surface area contributed by atoms with E-state index in [0.29, 0.717) is 18.4 Å². The van der Waals surface area contributed by atoms with Crippen molar-refractivity contribution in [1.82, 2.24) is 10.6 Å². The molecule has 0 spiro atoms. The topological polar surface area (TPSA) is 50.4 Å². The molecule has 2 N–H and O–H groups in total. The fourth-order valence-corrected chi connectivity index (χ4v) is 3.46. The lowest BCUT2D eigenvalue weighted by molar-refractivity contribution is -0.125. The van der Waals surface area contributed by atoms with Crippen LogP contribution in [0, 0.1) is 17.8 Å². The minimum absolute atomic E-state index is 0.189. The summed E-state index contributed by atoms with van der Waals surface area (Å²) in [5.74, 6) is 2.42. The maximum atomic E-state index is 12.4. The maximum absolute atomic E-state index is 12.4. The van der Waals surface area contributed by atoms with E-state index in [1.54, 1.807) is 0 Å². The van der Waals surface area contributed by atoms with E-state index in [-0.39, 0.29) is 17.4 Å². The highest BCUT2D eigenvalue weighted by Crippen LogP contribution is 2.48. The number of carbonyl (C=O) groups is 1. The molecule has 1 heterocycles. The normalized spacial score (nSPS) is 26.4. The SMILES string of the molecule is CCc1ccccc1OCC(C)(C)NC(=O)[C@@H]1C2CNC[C@H]21. The first-order valence-electron chi connectivity index (χ1n) is 8.25. The zero-order valence-corrected chi connectivity index (χ0v) is 13.7. The Labute approximate surface area is 132 Å². The number of ether oxygens (including phenoxy) is 1. The molecule has 4 nitrogen and oxygen atoms in total. The van der Waals surface area contributed by atoms with Crippen molar-refractivity contribution in [3.05, 3.63) is 29.8 Å². The van der Waals surface area contributed by atoms with Gasteiger partial charge in [0.25, 0.3) is 0 Å². The molecule has 1 aliphatic heterocycles. The first kappa shape index (κ1) is 15.3. The van der Waals surface area contributed by atoms with Crippen molar-refractivity contribution in [3.63, 3.8) is 0 Å². The minimum Gasteiger partial charge on any atom is -0.491 e. The van der Waals surface area contributed by atoms with Gasteiger partial charge >= 0.3 is 0 Å². The average Bonchev–Trinajstić information content (AvgIpc) is 2.99. The maximum Gasteiger partial charge on any atom is 0.224 e. The van der Waals surface area contributed by atoms with Crippen LogP contribution in [0.1, 0.15) is 26.3 Å². The van der Waals surface area contributed by atoms with Gasteiger partial charge in [0, 0.05) is 5.92 Å². The lowest BCUT2D eigenvalue weighted by Crippen LogP contribution is -2.49. The Bertz CT molecular complexity index is 546. The van der Waals surface area contributed by atoms with Crippen molar-refractivity contribution in [1.29, 1.82) is 0 Å². The van der Waals surface area contributed by atoms with E-state index < -0.39 is 0 Å². The molecule has 1 unspecified atom stereocenters. The fraction of sp³-hybridized carbons (Fsp3) is 0.611. The van der Waals surface area contributed by atoms with E-state index in [4.69, 9.17) is 4.74 Å². The summed E-state index contributed by atoms with van der Waals surface area (Å²) in [5, 5.41) is 6.49. The summed E-state index contributed by atoms with van der Waals surface area (Å²) >= 11 is 0. The number of hydrogen-bond acceptors (Lipinski definition) is 3. The van der Waals surface area contributed by atoms with Gasteiger partial charge in [-0.05, 0) is 56.8 Å². The molecule has 2 fully saturated rings. The van der Waals surface area contributed by atoms with Gasteiger partial charge in [0.05, 0.1) is 5.54 Å². The number of amides is 1. The standard InChI is InChI=1S/C18H26N2O2/c1-4-12-7-5-6-8-15(12)22-11-18(2,3)20-17(21)16-13-9-19-10-14(13)16/h5-8,13-14,16,19H,4,9-11H2,1-3H3,(H,20,21)/t13-,14?,16+/m1/s1. The highest BCUT2D eigenvalue weighted by molar-refractivity contribution is 5.83. The number of hydrogen-bond donors (Lipinski definition) is 2. The Hall–Kier alpha value is -1.55. The molecule has 22 heavy (non-hydrogen) atoms. The van der Waals surface area contributed by atoms with Crippen LogP contribution in [-0.4, -0.2) is 31.1 Å². The van der Waals surface area contributed by atoms with E-state index in [1.165, 1.54) is 5.56 Å². The van der Waals surface area contributed by atoms with Crippen molar-refractivity contribution in [2.24, 2.45) is 17.8 Å². The van der Waals surface area contributed by atoms with Gasteiger partial charge in [0.2, 0.25) is 5.91 Å². The van der Waals surface area contributed by atoms with Crippen LogP contribution in [0.25, 0.3) is 0 Å². The van der Waals surface area contributed by atoms with E-state index in [0.717, 1.165) is 25.3 Å². The number of piperidine rings is 1. The summed E-state index contributed by atoms with van der Waals surface area (Å²) in [6.45, 7) is 8.63. The molecular formula is C18H26N2O2. The van der Waals surface area contributed by atoms with Gasteiger partial charge in [0.15, 0.2) is 0 Å². The second-order valence-corrected chi connectivity index (χ2v) is 7.13. The third kappa shape index (κ3) is 3.12. The first-order valence-corrected chi connectivity index (χ1v) is 8.25. The molecule has 1 saturated carbocycles. The van der Waals surface area contributed by atoms with Gasteiger partial charge in [-0.2, -0.15) is 0 Å². The lowest BCUT2D eigenvalue weighted by Gasteiger charge is -2.27. The number of nitrogens with one attached hydrogen (secondary N) is 2. The summed E-state index contributed by atoms with van der Waals surface area (Å²) in [6, 6.07) is 8.09. The van der Waals surface area contributed by atoms with Crippen molar-refractivity contribution < 1.29 is 9.53 Å². The minimum atomic E-state index is -0.359. The summed E-state index contributed by atoms with van der Waals surface area (Å²) in [6.07, 6.45) is 0.946. The molecule has 2 aliphatic rings. The highest BCUT2D eigenvalue weighted by Gasteiger charge is 2.57. The lowest BCUT2D eigenvalue weighted by atomic mass is 10.1. The van der Waals surface area contributed by atoms with E-state index in [9.17, 15) is 4.79 Å². The van der Waals surface area contributed by atoms with E-state index >= 15 is 0 Å². The van der Waals surface area contributed by atoms with Gasteiger partial charge in [-0.15, -0.1) is 0 Å². The van der Waals surface area contributed by atoms with E-state index in [2.05, 4.69) is 23.6 Å². The van der Waals surface area contributed by atoms with Gasteiger partial charge in [0.1, 0.15) is 12.4 Å². The zero-order chi connectivity index (χ0) is 15.7. The van der Waals surface area contributed by atoms with Gasteiger partial charge in [-0.1, -0.05) is 25.1 Å². The Kier molecular flexibility index (Phi) is 4.13. The summed E-state index contributed by atoms with van der Waals surface area (Å²) < 4.78 is 5.96. The molecule has 1 aromatic carbocycles. The molecule has 0 bridgehead atoms. The van der Waals surface area contributed by atoms with Crippen LogP contribution >= 0.6 is 0 Å². The number of carbonyl (C=O) groups excluding carboxylic acids is 1. The van der Waals surface area contributed by atoms with E-state index in [1.807, 2.05) is 32.0 Å². The largest absolute Gasteiger partial charge is 0.491 e. The number of benzene rings is 1. The van der Waals surface area contributed by atoms with Crippen molar-refractivity contribution in [3.8, 4) is 5.75 Å². The number of aryl methyl sites for hydroxylation is 1. The van der Waals surface area contributed by atoms with Crippen LogP contribution < -0.4 is 15.4 Å². The third-order valence-electron chi connectivity index (χ3n) is 4.80. The fourth-order valence-electron chi connectivity index (χ4n) is 3.46. The number of para-hydroxylation sites is 1. The summed E-state index contributed by atoms with van der Waals surface area (Å²) in [5.41, 5.74) is 0.842. The molecule has 1 aliphatic carbocycles. The molecule has 0 aromatic heterocycles. The molecule has 1 amide bonds. The first-order chi connectivity index (χ1) is 10.5. The van der Waals surface area contributed by atoms with Crippen molar-refractivity contribution >= 4 is 5.91 Å². The Balaban J connectivity index is 1.53. The predicted octanol–water partition coefficient (Wildman–Crippen LogP) is 1.99. The Morgan fingerprint density at radius 2 is 2.00 bits per heavy atom. The van der Waals surface area contributed by atoms with Crippen LogP contribution in [0.15, 0.2) is 24.3 Å². The summed E-state index contributed by atoms with van der Waals surface area (Å²) in [7, 11) is 0. The highest BCUT2D eigenvalue weighted by atomic mass is 16.5. The van der Waals surface area contributed by atoms with Crippen LogP contribution in [0.2, 0.25) is 0 Å². The third-order valence-corrected chi connectivity index (χ3v) is 4.80. The number of fused-ring (bicyclic) bond motifs is 1. The Morgan fingerprint density at radius 3 is 2.68 bits per heavy atom. The predicted molar refractivity (Wildman–Crippen MR) is 86.9 cm³/mol. The molecule has 3 rings (SSSR count). The quantitative estimate of drug-likeness (QED) is 0.845. The second kappa shape index (κ2) is 5.92.